The average Bonchev–Trinajstić information content (AvgIpc) is 4.14. The molecule has 0 aromatic heterocycles. The topological polar surface area (TPSA) is 213 Å². The number of nitrogens with zero attached hydrogens (tertiary/aromatic N) is 6. The number of rotatable bonds is 18. The van der Waals surface area contributed by atoms with Crippen LogP contribution in [0.1, 0.15) is 36.0 Å². The Bertz CT molecular complexity index is 2400. The molecule has 3 atom stereocenters. The third kappa shape index (κ3) is 12.8. The molecule has 0 spiro atoms. The van der Waals surface area contributed by atoms with Crippen LogP contribution < -0.4 is 30.7 Å². The molecule has 6 saturated heterocycles. The number of morpholine rings is 3. The van der Waals surface area contributed by atoms with E-state index in [1.165, 1.54) is 32.9 Å². The van der Waals surface area contributed by atoms with Crippen LogP contribution in [0, 0.1) is 35.2 Å². The van der Waals surface area contributed by atoms with Crippen LogP contribution in [-0.2, 0) is 62.4 Å². The molecule has 1 saturated carbocycles. The fraction of sp³-hybridized carbons (Fsp3) is 0.556. The highest BCUT2D eigenvalue weighted by atomic mass is 19.1. The first-order chi connectivity index (χ1) is 37.8. The molecule has 6 aliphatic heterocycles. The predicted molar refractivity (Wildman–Crippen MR) is 274 cm³/mol. The normalized spacial score (nSPS) is 24.7. The summed E-state index contributed by atoms with van der Waals surface area (Å²) in [6, 6.07) is 12.6. The molecular weight excluding hydrogens is 1020 g/mol. The maximum absolute atomic E-state index is 15.4. The Kier molecular flexibility index (Phi) is 17.2. The third-order valence-corrected chi connectivity index (χ3v) is 15.7. The Morgan fingerprint density at radius 3 is 0.962 bits per heavy atom. The van der Waals surface area contributed by atoms with Crippen molar-refractivity contribution in [2.45, 2.75) is 57.0 Å². The number of amides is 6. The highest BCUT2D eigenvalue weighted by molar-refractivity contribution is 5.86. The van der Waals surface area contributed by atoms with Crippen molar-refractivity contribution in [3.8, 4) is 0 Å². The minimum absolute atomic E-state index is 0.0217. The van der Waals surface area contributed by atoms with Gasteiger partial charge in [0.2, 0.25) is 17.7 Å². The zero-order valence-corrected chi connectivity index (χ0v) is 43.3. The Balaban J connectivity index is 0.787. The highest BCUT2D eigenvalue weighted by Crippen LogP contribution is 2.35. The summed E-state index contributed by atoms with van der Waals surface area (Å²) >= 11 is 0. The largest absolute Gasteiger partial charge is 0.447 e. The Morgan fingerprint density at radius 2 is 0.705 bits per heavy atom. The lowest BCUT2D eigenvalue weighted by Crippen LogP contribution is -2.49. The van der Waals surface area contributed by atoms with Crippen molar-refractivity contribution < 1.29 is 70.4 Å². The van der Waals surface area contributed by atoms with Crippen LogP contribution in [0.3, 0.4) is 0 Å². The van der Waals surface area contributed by atoms with Crippen molar-refractivity contribution in [2.75, 3.05) is 133 Å². The number of carbonyl (C=O) groups is 6. The Morgan fingerprint density at radius 1 is 0.436 bits per heavy atom. The van der Waals surface area contributed by atoms with Crippen LogP contribution in [-0.4, -0.2) is 187 Å². The van der Waals surface area contributed by atoms with E-state index in [4.69, 9.17) is 28.4 Å². The summed E-state index contributed by atoms with van der Waals surface area (Å²) < 4.78 is 78.4. The second-order valence-corrected chi connectivity index (χ2v) is 20.8. The molecule has 7 aliphatic rings. The molecule has 3 aromatic rings. The van der Waals surface area contributed by atoms with E-state index in [-0.39, 0.29) is 78.4 Å². The molecule has 0 radical (unpaired) electrons. The second-order valence-electron chi connectivity index (χ2n) is 20.8. The molecule has 10 rings (SSSR count). The van der Waals surface area contributed by atoms with Crippen molar-refractivity contribution in [1.82, 2.24) is 30.7 Å². The lowest BCUT2D eigenvalue weighted by atomic mass is 9.74. The molecule has 3 unspecified atom stereocenters. The van der Waals surface area contributed by atoms with Gasteiger partial charge in [0.1, 0.15) is 37.3 Å². The van der Waals surface area contributed by atoms with Gasteiger partial charge in [-0.15, -0.1) is 0 Å². The van der Waals surface area contributed by atoms with E-state index in [9.17, 15) is 28.8 Å². The van der Waals surface area contributed by atoms with Crippen LogP contribution in [0.4, 0.5) is 44.6 Å². The fourth-order valence-electron chi connectivity index (χ4n) is 11.3. The molecule has 24 heteroatoms. The molecule has 0 bridgehead atoms. The number of halogens is 3. The van der Waals surface area contributed by atoms with Crippen molar-refractivity contribution >= 4 is 53.1 Å². The lowest BCUT2D eigenvalue weighted by Gasteiger charge is -2.34. The van der Waals surface area contributed by atoms with E-state index >= 15 is 13.2 Å². The minimum Gasteiger partial charge on any atom is -0.447 e. The van der Waals surface area contributed by atoms with Crippen LogP contribution in [0.25, 0.3) is 0 Å². The van der Waals surface area contributed by atoms with Gasteiger partial charge in [0.15, 0.2) is 0 Å². The second kappa shape index (κ2) is 24.7. The molecule has 6 heterocycles. The molecule has 6 amide bonds. The fourth-order valence-corrected chi connectivity index (χ4v) is 11.3. The van der Waals surface area contributed by atoms with E-state index in [2.05, 4.69) is 16.0 Å². The molecule has 78 heavy (non-hydrogen) atoms. The molecule has 21 nitrogen and oxygen atoms in total. The SMILES string of the molecule is O=C(NCC1COC(=O)N1Cc1ccc(N2CCOCC2)c(F)c1)C1CC(C(=O)NCC2COC(=O)N2Cc2ccc(N3CCOCC3)c(F)c2)CC(C(=O)NCC2COC(=O)N2Cc2ccc(N3CCOCC3)c(F)c2)C1. The maximum atomic E-state index is 15.4. The number of carbonyl (C=O) groups excluding carboxylic acids is 6. The summed E-state index contributed by atoms with van der Waals surface area (Å²) in [5.74, 6) is -5.19. The van der Waals surface area contributed by atoms with Crippen molar-refractivity contribution in [1.29, 1.82) is 0 Å². The molecule has 420 valence electrons. The van der Waals surface area contributed by atoms with Crippen molar-refractivity contribution in [2.24, 2.45) is 17.8 Å². The number of nitrogens with one attached hydrogen (secondary N) is 3. The van der Waals surface area contributed by atoms with Crippen molar-refractivity contribution in [3.63, 3.8) is 0 Å². The molecule has 3 N–H and O–H groups in total. The van der Waals surface area contributed by atoms with Gasteiger partial charge in [-0.1, -0.05) is 18.2 Å². The monoisotopic (exact) mass is 1090 g/mol. The molecule has 1 aliphatic carbocycles. The first kappa shape index (κ1) is 54.3. The Hall–Kier alpha value is -7.05. The zero-order valence-electron chi connectivity index (χ0n) is 43.3. The third-order valence-electron chi connectivity index (χ3n) is 15.7. The zero-order chi connectivity index (χ0) is 54.3. The molecule has 7 fully saturated rings. The van der Waals surface area contributed by atoms with Gasteiger partial charge >= 0.3 is 18.3 Å². The van der Waals surface area contributed by atoms with Gasteiger partial charge in [-0.25, -0.2) is 27.6 Å². The number of hydrogen-bond acceptors (Lipinski definition) is 15. The first-order valence-electron chi connectivity index (χ1n) is 26.8. The van der Waals surface area contributed by atoms with Crippen LogP contribution in [0.15, 0.2) is 54.6 Å². The number of anilines is 3. The summed E-state index contributed by atoms with van der Waals surface area (Å²) in [5, 5.41) is 8.78. The van der Waals surface area contributed by atoms with Gasteiger partial charge in [-0.05, 0) is 72.4 Å². The smallest absolute Gasteiger partial charge is 0.410 e. The van der Waals surface area contributed by atoms with Gasteiger partial charge in [-0.3, -0.25) is 29.1 Å². The lowest BCUT2D eigenvalue weighted by molar-refractivity contribution is -0.135. The number of hydrogen-bond donors (Lipinski definition) is 3. The van der Waals surface area contributed by atoms with Gasteiger partial charge in [0.05, 0.1) is 74.8 Å². The van der Waals surface area contributed by atoms with Crippen molar-refractivity contribution in [3.05, 3.63) is 88.7 Å². The highest BCUT2D eigenvalue weighted by Gasteiger charge is 2.42. The Labute approximate surface area is 449 Å². The predicted octanol–water partition coefficient (Wildman–Crippen LogP) is 3.36. The minimum atomic E-state index is -0.843. The average molecular weight is 1090 g/mol. The van der Waals surface area contributed by atoms with E-state index in [0.29, 0.717) is 113 Å². The van der Waals surface area contributed by atoms with Crippen LogP contribution >= 0.6 is 0 Å². The van der Waals surface area contributed by atoms with Gasteiger partial charge in [-0.2, -0.15) is 0 Å². The number of cyclic esters (lactones) is 3. The van der Waals surface area contributed by atoms with E-state index in [0.717, 1.165) is 0 Å². The molecular formula is C54H66F3N9O12. The van der Waals surface area contributed by atoms with Crippen LogP contribution in [0.2, 0.25) is 0 Å². The van der Waals surface area contributed by atoms with Crippen LogP contribution in [0.5, 0.6) is 0 Å². The summed E-state index contributed by atoms with van der Waals surface area (Å²) in [4.78, 5) is 91.6. The quantitative estimate of drug-likeness (QED) is 0.156. The van der Waals surface area contributed by atoms with E-state index in [1.807, 2.05) is 14.7 Å². The summed E-state index contributed by atoms with van der Waals surface area (Å²) in [7, 11) is 0. The summed E-state index contributed by atoms with van der Waals surface area (Å²) in [6.07, 6.45) is -1.67. The number of benzene rings is 3. The van der Waals surface area contributed by atoms with Gasteiger partial charge in [0.25, 0.3) is 0 Å². The summed E-state index contributed by atoms with van der Waals surface area (Å²) in [5.41, 5.74) is 2.91. The molecule has 3 aromatic carbocycles. The van der Waals surface area contributed by atoms with Gasteiger partial charge < -0.3 is 59.1 Å². The first-order valence-corrected chi connectivity index (χ1v) is 26.8. The maximum Gasteiger partial charge on any atom is 0.410 e. The number of ether oxygens (including phenoxy) is 6. The summed E-state index contributed by atoms with van der Waals surface area (Å²) in [6.45, 7) is 6.12. The standard InChI is InChI=1S/C54H66F3N9O12/c55-43-19-34(1-4-46(43)61-7-13-73-14-8-61)28-64-40(31-76-52(64)70)25-58-49(67)37-22-38(50(68)59-26-41-32-77-53(71)65(41)29-35-2-5-47(44(56)20-35)62-9-15-74-16-10-62)24-39(23-37)51(69)60-27-42-33-78-54(72)66(42)30-36-3-6-48(45(57)21-36)63-11-17-75-18-12-63/h1-6,19-21,37-42H,7-18,22-33H2,(H,58,67)(H,59,68)(H,60,69). The van der Waals surface area contributed by atoms with E-state index in [1.54, 1.807) is 36.4 Å². The van der Waals surface area contributed by atoms with E-state index < -0.39 is 89.3 Å². The van der Waals surface area contributed by atoms with Gasteiger partial charge in [0, 0.05) is 96.3 Å².